The third kappa shape index (κ3) is 3.53. The fraction of sp³-hybridized carbons (Fsp3) is 0.154. The Morgan fingerprint density at radius 2 is 1.95 bits per heavy atom. The van der Waals surface area contributed by atoms with Gasteiger partial charge in [-0.2, -0.15) is 0 Å². The van der Waals surface area contributed by atoms with E-state index >= 15 is 0 Å². The van der Waals surface area contributed by atoms with E-state index in [-0.39, 0.29) is 5.69 Å². The average molecular weight is 313 g/mol. The van der Waals surface area contributed by atoms with Crippen molar-refractivity contribution in [3.8, 4) is 0 Å². The van der Waals surface area contributed by atoms with Gasteiger partial charge in [0.2, 0.25) is 0 Å². The third-order valence-corrected chi connectivity index (χ3v) is 4.06. The first kappa shape index (κ1) is 15.3. The van der Waals surface area contributed by atoms with E-state index in [2.05, 4.69) is 10.3 Å². The van der Waals surface area contributed by atoms with Gasteiger partial charge >= 0.3 is 0 Å². The Labute approximate surface area is 121 Å². The molecule has 0 spiro atoms. The predicted molar refractivity (Wildman–Crippen MR) is 74.2 cm³/mol. The fourth-order valence-corrected chi connectivity index (χ4v) is 2.92. The van der Waals surface area contributed by atoms with Gasteiger partial charge in [0.05, 0.1) is 11.9 Å². The quantitative estimate of drug-likeness (QED) is 0.884. The lowest BCUT2D eigenvalue weighted by Gasteiger charge is -2.10. The number of hydrogen-bond donors (Lipinski definition) is 2. The zero-order valence-electron chi connectivity index (χ0n) is 11.1. The highest BCUT2D eigenvalue weighted by molar-refractivity contribution is 7.92. The van der Waals surface area contributed by atoms with Crippen LogP contribution in [0.4, 0.5) is 14.5 Å². The van der Waals surface area contributed by atoms with Gasteiger partial charge in [-0.05, 0) is 30.8 Å². The number of hydrogen-bond acceptors (Lipinski definition) is 4. The Bertz CT molecular complexity index is 751. The number of rotatable bonds is 5. The second-order valence-corrected chi connectivity index (χ2v) is 5.91. The van der Waals surface area contributed by atoms with Gasteiger partial charge in [-0.1, -0.05) is 6.07 Å². The molecule has 1 aromatic heterocycles. The molecule has 5 nitrogen and oxygen atoms in total. The zero-order valence-corrected chi connectivity index (χ0v) is 11.9. The van der Waals surface area contributed by atoms with Crippen LogP contribution in [0.1, 0.15) is 5.56 Å². The smallest absolute Gasteiger partial charge is 0.264 e. The minimum absolute atomic E-state index is 0.289. The normalized spacial score (nSPS) is 11.4. The van der Waals surface area contributed by atoms with Gasteiger partial charge in [0.1, 0.15) is 10.7 Å². The second-order valence-electron chi connectivity index (χ2n) is 4.26. The van der Waals surface area contributed by atoms with Crippen molar-refractivity contribution in [2.75, 3.05) is 11.8 Å². The standard InChI is InChI=1S/C13H13F2N3O2S/c1-16-7-9-2-3-10(14)13(6-9)21(19,20)18-12-4-5-17-8-11(12)15/h2-6,8,16H,7H2,1H3,(H,17,18). The monoisotopic (exact) mass is 313 g/mol. The van der Waals surface area contributed by atoms with E-state index in [4.69, 9.17) is 0 Å². The molecule has 0 unspecified atom stereocenters. The van der Waals surface area contributed by atoms with Crippen molar-refractivity contribution in [1.82, 2.24) is 10.3 Å². The van der Waals surface area contributed by atoms with Crippen molar-refractivity contribution in [3.05, 3.63) is 53.9 Å². The minimum Gasteiger partial charge on any atom is -0.316 e. The third-order valence-electron chi connectivity index (χ3n) is 2.68. The second kappa shape index (κ2) is 6.15. The highest BCUT2D eigenvalue weighted by Gasteiger charge is 2.21. The molecule has 0 radical (unpaired) electrons. The number of nitrogens with one attached hydrogen (secondary N) is 2. The average Bonchev–Trinajstić information content (AvgIpc) is 2.43. The number of sulfonamides is 1. The van der Waals surface area contributed by atoms with E-state index in [0.717, 1.165) is 18.3 Å². The summed E-state index contributed by atoms with van der Waals surface area (Å²) in [4.78, 5) is 2.98. The summed E-state index contributed by atoms with van der Waals surface area (Å²) < 4.78 is 53.6. The molecule has 21 heavy (non-hydrogen) atoms. The molecular weight excluding hydrogens is 300 g/mol. The molecule has 1 heterocycles. The van der Waals surface area contributed by atoms with Gasteiger partial charge in [0.25, 0.3) is 10.0 Å². The number of aromatic nitrogens is 1. The van der Waals surface area contributed by atoms with E-state index in [1.54, 1.807) is 7.05 Å². The molecule has 0 aliphatic heterocycles. The van der Waals surface area contributed by atoms with E-state index < -0.39 is 26.6 Å². The Morgan fingerprint density at radius 3 is 2.62 bits per heavy atom. The lowest BCUT2D eigenvalue weighted by atomic mass is 10.2. The van der Waals surface area contributed by atoms with Crippen molar-refractivity contribution >= 4 is 15.7 Å². The number of pyridine rings is 1. The van der Waals surface area contributed by atoms with Crippen LogP contribution in [0.15, 0.2) is 41.6 Å². The van der Waals surface area contributed by atoms with Crippen LogP contribution in [0.25, 0.3) is 0 Å². The summed E-state index contributed by atoms with van der Waals surface area (Å²) in [6, 6.07) is 4.89. The first-order chi connectivity index (χ1) is 9.94. The van der Waals surface area contributed by atoms with Crippen LogP contribution in [0.2, 0.25) is 0 Å². The zero-order chi connectivity index (χ0) is 15.5. The maximum Gasteiger partial charge on any atom is 0.264 e. The molecule has 0 aliphatic rings. The van der Waals surface area contributed by atoms with Crippen LogP contribution in [-0.2, 0) is 16.6 Å². The molecule has 1 aromatic carbocycles. The van der Waals surface area contributed by atoms with Crippen LogP contribution in [-0.4, -0.2) is 20.4 Å². The molecule has 2 N–H and O–H groups in total. The minimum atomic E-state index is -4.23. The van der Waals surface area contributed by atoms with Crippen LogP contribution in [0.5, 0.6) is 0 Å². The first-order valence-electron chi connectivity index (χ1n) is 5.99. The van der Waals surface area contributed by atoms with E-state index in [0.29, 0.717) is 12.1 Å². The summed E-state index contributed by atoms with van der Waals surface area (Å²) in [5, 5.41) is 2.83. The van der Waals surface area contributed by atoms with Crippen LogP contribution in [0, 0.1) is 11.6 Å². The van der Waals surface area contributed by atoms with Crippen molar-refractivity contribution < 1.29 is 17.2 Å². The topological polar surface area (TPSA) is 71.1 Å². The van der Waals surface area contributed by atoms with Crippen molar-refractivity contribution in [3.63, 3.8) is 0 Å². The van der Waals surface area contributed by atoms with Gasteiger partial charge in [-0.3, -0.25) is 9.71 Å². The lowest BCUT2D eigenvalue weighted by molar-refractivity contribution is 0.568. The fourth-order valence-electron chi connectivity index (χ4n) is 1.73. The largest absolute Gasteiger partial charge is 0.316 e. The first-order valence-corrected chi connectivity index (χ1v) is 7.47. The molecule has 112 valence electrons. The van der Waals surface area contributed by atoms with Crippen molar-refractivity contribution in [1.29, 1.82) is 0 Å². The molecule has 0 bridgehead atoms. The molecule has 0 aliphatic carbocycles. The number of nitrogens with zero attached hydrogens (tertiary/aromatic N) is 1. The van der Waals surface area contributed by atoms with Crippen LogP contribution in [0.3, 0.4) is 0 Å². The summed E-state index contributed by atoms with van der Waals surface area (Å²) in [5.41, 5.74) is 0.304. The lowest BCUT2D eigenvalue weighted by Crippen LogP contribution is -2.16. The number of halogens is 2. The Kier molecular flexibility index (Phi) is 4.49. The molecule has 2 rings (SSSR count). The van der Waals surface area contributed by atoms with Gasteiger partial charge in [-0.25, -0.2) is 17.2 Å². The molecule has 0 saturated carbocycles. The Morgan fingerprint density at radius 1 is 1.19 bits per heavy atom. The SMILES string of the molecule is CNCc1ccc(F)c(S(=O)(=O)Nc2ccncc2F)c1. The van der Waals surface area contributed by atoms with E-state index in [1.165, 1.54) is 18.3 Å². The summed E-state index contributed by atoms with van der Waals surface area (Å²) >= 11 is 0. The summed E-state index contributed by atoms with van der Waals surface area (Å²) in [5.74, 6) is -1.75. The van der Waals surface area contributed by atoms with Gasteiger partial charge < -0.3 is 5.32 Å². The molecule has 0 fully saturated rings. The highest BCUT2D eigenvalue weighted by atomic mass is 32.2. The van der Waals surface area contributed by atoms with Crippen LogP contribution >= 0.6 is 0 Å². The van der Waals surface area contributed by atoms with Gasteiger partial charge in [0.15, 0.2) is 5.82 Å². The maximum atomic E-state index is 13.8. The molecule has 2 aromatic rings. The molecular formula is C13H13F2N3O2S. The van der Waals surface area contributed by atoms with Gasteiger partial charge in [0, 0.05) is 12.7 Å². The highest BCUT2D eigenvalue weighted by Crippen LogP contribution is 2.21. The predicted octanol–water partition coefficient (Wildman–Crippen LogP) is 1.88. The van der Waals surface area contributed by atoms with Crippen LogP contribution < -0.4 is 10.0 Å². The number of anilines is 1. The van der Waals surface area contributed by atoms with E-state index in [1.807, 2.05) is 4.72 Å². The van der Waals surface area contributed by atoms with E-state index in [9.17, 15) is 17.2 Å². The Balaban J connectivity index is 2.40. The van der Waals surface area contributed by atoms with Crippen molar-refractivity contribution in [2.24, 2.45) is 0 Å². The maximum absolute atomic E-state index is 13.8. The number of benzene rings is 1. The molecule has 0 amide bonds. The molecule has 0 atom stereocenters. The summed E-state index contributed by atoms with van der Waals surface area (Å²) in [6.45, 7) is 0.381. The Hall–Kier alpha value is -2.06. The summed E-state index contributed by atoms with van der Waals surface area (Å²) in [6.07, 6.45) is 2.10. The van der Waals surface area contributed by atoms with Crippen molar-refractivity contribution in [2.45, 2.75) is 11.4 Å². The van der Waals surface area contributed by atoms with Gasteiger partial charge in [-0.15, -0.1) is 0 Å². The molecule has 8 heteroatoms. The molecule has 0 saturated heterocycles. The summed E-state index contributed by atoms with van der Waals surface area (Å²) in [7, 11) is -2.55.